The van der Waals surface area contributed by atoms with Gasteiger partial charge >= 0.3 is 5.97 Å². The van der Waals surface area contributed by atoms with Crippen LogP contribution in [0.25, 0.3) is 10.4 Å². The molecule has 1 rings (SSSR count). The molecule has 0 amide bonds. The van der Waals surface area contributed by atoms with Crippen LogP contribution in [0.2, 0.25) is 0 Å². The third-order valence-electron chi connectivity index (χ3n) is 1.58. The van der Waals surface area contributed by atoms with E-state index >= 15 is 0 Å². The minimum absolute atomic E-state index is 0.0400. The molecule has 0 bridgehead atoms. The number of nitrogens with zero attached hydrogens (tertiary/aromatic N) is 4. The van der Waals surface area contributed by atoms with Crippen LogP contribution >= 0.6 is 0 Å². The fraction of sp³-hybridized carbons (Fsp3) is 0.200. The van der Waals surface area contributed by atoms with Crippen LogP contribution in [0.3, 0.4) is 0 Å². The van der Waals surface area contributed by atoms with E-state index in [0.717, 1.165) is 0 Å². The second-order valence-electron chi connectivity index (χ2n) is 2.72. The molecule has 0 saturated heterocycles. The molecule has 0 atom stereocenters. The first kappa shape index (κ1) is 11.6. The average Bonchev–Trinajstić information content (AvgIpc) is 2.29. The van der Waals surface area contributed by atoms with Crippen molar-refractivity contribution in [3.63, 3.8) is 0 Å². The summed E-state index contributed by atoms with van der Waals surface area (Å²) in [5, 5.41) is 12.0. The first-order valence-corrected chi connectivity index (χ1v) is 4.44. The zero-order valence-electron chi connectivity index (χ0n) is 8.29. The van der Waals surface area contributed by atoms with Crippen molar-refractivity contribution in [3.8, 4) is 11.8 Å². The molecule has 6 nitrogen and oxygen atoms in total. The summed E-state index contributed by atoms with van der Waals surface area (Å²) < 4.78 is 0. The van der Waals surface area contributed by atoms with Crippen LogP contribution in [0.5, 0.6) is 0 Å². The van der Waals surface area contributed by atoms with Gasteiger partial charge in [-0.3, -0.25) is 0 Å². The Hall–Kier alpha value is -2.51. The lowest BCUT2D eigenvalue weighted by molar-refractivity contribution is 0.0690. The van der Waals surface area contributed by atoms with Crippen molar-refractivity contribution in [1.29, 1.82) is 0 Å². The number of carboxylic acid groups (broad SMARTS) is 1. The van der Waals surface area contributed by atoms with Gasteiger partial charge < -0.3 is 5.11 Å². The third-order valence-corrected chi connectivity index (χ3v) is 1.58. The van der Waals surface area contributed by atoms with E-state index in [0.29, 0.717) is 18.7 Å². The molecule has 80 valence electrons. The molecule has 1 aromatic heterocycles. The van der Waals surface area contributed by atoms with E-state index in [4.69, 9.17) is 10.6 Å². The summed E-state index contributed by atoms with van der Waals surface area (Å²) >= 11 is 0. The summed E-state index contributed by atoms with van der Waals surface area (Å²) in [6, 6.07) is 4.59. The first-order valence-electron chi connectivity index (χ1n) is 4.44. The first-order chi connectivity index (χ1) is 7.74. The van der Waals surface area contributed by atoms with Crippen LogP contribution in [-0.4, -0.2) is 22.6 Å². The summed E-state index contributed by atoms with van der Waals surface area (Å²) in [7, 11) is 0. The van der Waals surface area contributed by atoms with Crippen LogP contribution in [-0.2, 0) is 0 Å². The van der Waals surface area contributed by atoms with E-state index < -0.39 is 5.97 Å². The monoisotopic (exact) mass is 216 g/mol. The quantitative estimate of drug-likeness (QED) is 0.274. The van der Waals surface area contributed by atoms with Gasteiger partial charge in [0, 0.05) is 17.9 Å². The lowest BCUT2D eigenvalue weighted by atomic mass is 10.3. The molecule has 16 heavy (non-hydrogen) atoms. The molecular formula is C10H8N4O2. The summed E-state index contributed by atoms with van der Waals surface area (Å²) in [4.78, 5) is 17.0. The van der Waals surface area contributed by atoms with E-state index in [1.807, 2.05) is 0 Å². The van der Waals surface area contributed by atoms with E-state index in [9.17, 15) is 4.79 Å². The zero-order valence-corrected chi connectivity index (χ0v) is 8.29. The number of aromatic carboxylic acids is 1. The zero-order chi connectivity index (χ0) is 11.8. The number of aromatic nitrogens is 1. The standard InChI is InChI=1S/C10H8N4O2/c11-14-12-7-2-1-4-8-5-3-6-9(13-8)10(15)16/h3,5-6H,2,7H2,(H,15,16). The maximum absolute atomic E-state index is 10.6. The van der Waals surface area contributed by atoms with Crippen molar-refractivity contribution < 1.29 is 9.90 Å². The van der Waals surface area contributed by atoms with Gasteiger partial charge in [-0.1, -0.05) is 17.1 Å². The summed E-state index contributed by atoms with van der Waals surface area (Å²) in [6.07, 6.45) is 0.420. The molecule has 0 aliphatic carbocycles. The molecular weight excluding hydrogens is 208 g/mol. The molecule has 1 N–H and O–H groups in total. The van der Waals surface area contributed by atoms with Crippen LogP contribution in [0, 0.1) is 11.8 Å². The van der Waals surface area contributed by atoms with Gasteiger partial charge in [0.2, 0.25) is 0 Å². The molecule has 0 aliphatic rings. The van der Waals surface area contributed by atoms with Gasteiger partial charge in [-0.05, 0) is 23.6 Å². The highest BCUT2D eigenvalue weighted by Crippen LogP contribution is 1.98. The number of hydrogen-bond donors (Lipinski definition) is 1. The lowest BCUT2D eigenvalue weighted by Crippen LogP contribution is -2.00. The second-order valence-corrected chi connectivity index (χ2v) is 2.72. The van der Waals surface area contributed by atoms with Crippen LogP contribution in [0.4, 0.5) is 0 Å². The SMILES string of the molecule is [N-]=[N+]=NCCC#Cc1cccc(C(=O)O)n1. The highest BCUT2D eigenvalue weighted by molar-refractivity contribution is 5.85. The number of azide groups is 1. The van der Waals surface area contributed by atoms with Crippen molar-refractivity contribution in [2.24, 2.45) is 5.11 Å². The Morgan fingerprint density at radius 3 is 3.12 bits per heavy atom. The minimum atomic E-state index is -1.09. The smallest absolute Gasteiger partial charge is 0.354 e. The van der Waals surface area contributed by atoms with E-state index in [-0.39, 0.29) is 5.69 Å². The maximum Gasteiger partial charge on any atom is 0.354 e. The van der Waals surface area contributed by atoms with Crippen molar-refractivity contribution in [2.45, 2.75) is 6.42 Å². The topological polar surface area (TPSA) is 99.0 Å². The summed E-state index contributed by atoms with van der Waals surface area (Å²) in [6.45, 7) is 0.294. The third kappa shape index (κ3) is 3.70. The fourth-order valence-corrected chi connectivity index (χ4v) is 0.927. The Kier molecular flexibility index (Phi) is 4.38. The van der Waals surface area contributed by atoms with Crippen molar-refractivity contribution in [2.75, 3.05) is 6.54 Å². The Labute approximate surface area is 91.6 Å². The predicted octanol–water partition coefficient (Wildman–Crippen LogP) is 1.83. The van der Waals surface area contributed by atoms with Crippen LogP contribution in [0.15, 0.2) is 23.3 Å². The van der Waals surface area contributed by atoms with E-state index in [2.05, 4.69) is 26.9 Å². The van der Waals surface area contributed by atoms with Crippen LogP contribution < -0.4 is 0 Å². The second kappa shape index (κ2) is 6.06. The number of carbonyl (C=O) groups is 1. The van der Waals surface area contributed by atoms with Gasteiger partial charge in [0.1, 0.15) is 11.4 Å². The number of pyridine rings is 1. The molecule has 0 saturated carbocycles. The van der Waals surface area contributed by atoms with E-state index in [1.54, 1.807) is 12.1 Å². The summed E-state index contributed by atoms with van der Waals surface area (Å²) in [5.74, 6) is 4.34. The van der Waals surface area contributed by atoms with Crippen molar-refractivity contribution in [3.05, 3.63) is 40.0 Å². The Morgan fingerprint density at radius 1 is 1.62 bits per heavy atom. The van der Waals surface area contributed by atoms with Gasteiger partial charge in [0.15, 0.2) is 0 Å². The average molecular weight is 216 g/mol. The largest absolute Gasteiger partial charge is 0.477 e. The van der Waals surface area contributed by atoms with Crippen LogP contribution in [0.1, 0.15) is 22.6 Å². The number of rotatable bonds is 3. The molecule has 0 unspecified atom stereocenters. The molecule has 1 heterocycles. The highest BCUT2D eigenvalue weighted by atomic mass is 16.4. The molecule has 0 spiro atoms. The summed E-state index contributed by atoms with van der Waals surface area (Å²) in [5.41, 5.74) is 8.36. The Morgan fingerprint density at radius 2 is 2.44 bits per heavy atom. The van der Waals surface area contributed by atoms with Crippen molar-refractivity contribution in [1.82, 2.24) is 4.98 Å². The van der Waals surface area contributed by atoms with Crippen molar-refractivity contribution >= 4 is 5.97 Å². The van der Waals surface area contributed by atoms with Gasteiger partial charge in [0.25, 0.3) is 0 Å². The Balaban J connectivity index is 2.69. The van der Waals surface area contributed by atoms with Gasteiger partial charge in [-0.15, -0.1) is 0 Å². The Bertz CT molecular complexity index is 495. The van der Waals surface area contributed by atoms with Gasteiger partial charge in [0.05, 0.1) is 0 Å². The molecule has 0 aliphatic heterocycles. The highest BCUT2D eigenvalue weighted by Gasteiger charge is 2.02. The molecule has 1 aromatic rings. The molecule has 0 fully saturated rings. The maximum atomic E-state index is 10.6. The molecule has 6 heteroatoms. The molecule has 0 radical (unpaired) electrons. The fourth-order valence-electron chi connectivity index (χ4n) is 0.927. The minimum Gasteiger partial charge on any atom is -0.477 e. The van der Waals surface area contributed by atoms with Gasteiger partial charge in [-0.2, -0.15) is 0 Å². The number of carboxylic acids is 1. The normalized spacial score (nSPS) is 8.50. The van der Waals surface area contributed by atoms with E-state index in [1.165, 1.54) is 6.07 Å². The van der Waals surface area contributed by atoms with Gasteiger partial charge in [-0.25, -0.2) is 9.78 Å². The lowest BCUT2D eigenvalue weighted by Gasteiger charge is -1.93. The number of hydrogen-bond acceptors (Lipinski definition) is 3. The predicted molar refractivity (Wildman–Crippen MR) is 56.7 cm³/mol. The molecule has 0 aromatic carbocycles.